The molecule has 1 fully saturated rings. The second-order valence-electron chi connectivity index (χ2n) is 7.55. The molecule has 4 rings (SSSR count). The van der Waals surface area contributed by atoms with Crippen LogP contribution in [0.2, 0.25) is 0 Å². The minimum Gasteiger partial charge on any atom is -0.467 e. The predicted octanol–water partition coefficient (Wildman–Crippen LogP) is 3.80. The van der Waals surface area contributed by atoms with Crippen molar-refractivity contribution in [2.45, 2.75) is 36.9 Å². The number of hydrogen-bond acceptors (Lipinski definition) is 4. The van der Waals surface area contributed by atoms with E-state index in [1.165, 1.54) is 22.7 Å². The van der Waals surface area contributed by atoms with Crippen molar-refractivity contribution in [2.24, 2.45) is 0 Å². The van der Waals surface area contributed by atoms with Crippen molar-refractivity contribution in [1.29, 1.82) is 0 Å². The summed E-state index contributed by atoms with van der Waals surface area (Å²) >= 11 is 0. The van der Waals surface area contributed by atoms with Gasteiger partial charge in [-0.05, 0) is 54.8 Å². The summed E-state index contributed by atoms with van der Waals surface area (Å²) in [5, 5.41) is 0. The first-order valence-electron chi connectivity index (χ1n) is 10.0. The van der Waals surface area contributed by atoms with Gasteiger partial charge in [0.2, 0.25) is 15.9 Å². The fourth-order valence-electron chi connectivity index (χ4n) is 3.37. The summed E-state index contributed by atoms with van der Waals surface area (Å²) in [4.78, 5) is 14.8. The zero-order valence-electron chi connectivity index (χ0n) is 16.9. The van der Waals surface area contributed by atoms with Crippen LogP contribution in [0.15, 0.2) is 82.3 Å². The molecule has 0 atom stereocenters. The van der Waals surface area contributed by atoms with Gasteiger partial charge in [0.05, 0.1) is 24.2 Å². The van der Waals surface area contributed by atoms with Crippen molar-refractivity contribution in [3.63, 3.8) is 0 Å². The second-order valence-corrected chi connectivity index (χ2v) is 9.44. The lowest BCUT2D eigenvalue weighted by Crippen LogP contribution is -2.43. The van der Waals surface area contributed by atoms with Gasteiger partial charge in [0.1, 0.15) is 11.6 Å². The maximum Gasteiger partial charge on any atom is 0.243 e. The van der Waals surface area contributed by atoms with Gasteiger partial charge in [0, 0.05) is 12.6 Å². The van der Waals surface area contributed by atoms with Gasteiger partial charge in [-0.1, -0.05) is 30.3 Å². The monoisotopic (exact) mass is 442 g/mol. The van der Waals surface area contributed by atoms with E-state index in [2.05, 4.69) is 0 Å². The van der Waals surface area contributed by atoms with Gasteiger partial charge in [-0.2, -0.15) is 4.31 Å². The van der Waals surface area contributed by atoms with Gasteiger partial charge >= 0.3 is 0 Å². The van der Waals surface area contributed by atoms with Gasteiger partial charge in [-0.3, -0.25) is 4.79 Å². The molecule has 6 nitrogen and oxygen atoms in total. The van der Waals surface area contributed by atoms with Crippen molar-refractivity contribution < 1.29 is 22.0 Å². The minimum atomic E-state index is -3.92. The molecule has 0 saturated heterocycles. The summed E-state index contributed by atoms with van der Waals surface area (Å²) < 4.78 is 46.3. The van der Waals surface area contributed by atoms with Crippen LogP contribution < -0.4 is 0 Å². The van der Waals surface area contributed by atoms with Crippen LogP contribution in [-0.2, 0) is 27.9 Å². The Morgan fingerprint density at radius 2 is 1.68 bits per heavy atom. The first-order valence-corrected chi connectivity index (χ1v) is 11.5. The molecule has 0 N–H and O–H groups in total. The Balaban J connectivity index is 1.57. The van der Waals surface area contributed by atoms with E-state index in [9.17, 15) is 17.6 Å². The van der Waals surface area contributed by atoms with Gasteiger partial charge in [0.25, 0.3) is 0 Å². The number of hydrogen-bond donors (Lipinski definition) is 0. The molecule has 2 aromatic carbocycles. The highest BCUT2D eigenvalue weighted by Gasteiger charge is 2.40. The SMILES string of the molecule is O=C(CN(C1CC1)S(=O)(=O)c1ccc(F)cc1)N(Cc1ccccc1)Cc1ccco1. The lowest BCUT2D eigenvalue weighted by Gasteiger charge is -2.27. The number of halogens is 1. The largest absolute Gasteiger partial charge is 0.467 e. The Morgan fingerprint density at radius 3 is 2.29 bits per heavy atom. The van der Waals surface area contributed by atoms with Crippen LogP contribution in [0, 0.1) is 5.82 Å². The highest BCUT2D eigenvalue weighted by atomic mass is 32.2. The first kappa shape index (κ1) is 21.3. The van der Waals surface area contributed by atoms with Crippen LogP contribution in [-0.4, -0.2) is 36.1 Å². The molecule has 31 heavy (non-hydrogen) atoms. The van der Waals surface area contributed by atoms with Gasteiger partial charge in [-0.25, -0.2) is 12.8 Å². The Kier molecular flexibility index (Phi) is 6.20. The van der Waals surface area contributed by atoms with Gasteiger partial charge in [0.15, 0.2) is 0 Å². The van der Waals surface area contributed by atoms with Crippen LogP contribution >= 0.6 is 0 Å². The van der Waals surface area contributed by atoms with Crippen molar-refractivity contribution in [1.82, 2.24) is 9.21 Å². The zero-order chi connectivity index (χ0) is 21.8. The average Bonchev–Trinajstić information content (AvgIpc) is 3.47. The lowest BCUT2D eigenvalue weighted by atomic mass is 10.2. The lowest BCUT2D eigenvalue weighted by molar-refractivity contribution is -0.133. The predicted molar refractivity (Wildman–Crippen MR) is 113 cm³/mol. The number of sulfonamides is 1. The van der Waals surface area contributed by atoms with Crippen molar-refractivity contribution >= 4 is 15.9 Å². The average molecular weight is 443 g/mol. The summed E-state index contributed by atoms with van der Waals surface area (Å²) in [5.41, 5.74) is 0.932. The van der Waals surface area contributed by atoms with E-state index < -0.39 is 15.8 Å². The molecule has 1 aromatic heterocycles. The highest BCUT2D eigenvalue weighted by molar-refractivity contribution is 7.89. The Hall–Kier alpha value is -2.97. The van der Waals surface area contributed by atoms with E-state index in [4.69, 9.17) is 4.42 Å². The first-order chi connectivity index (χ1) is 14.9. The number of furan rings is 1. The minimum absolute atomic E-state index is 0.0192. The standard InChI is InChI=1S/C23H23FN2O4S/c24-19-8-12-22(13-9-19)31(28,29)26(20-10-11-20)17-23(27)25(16-21-7-4-14-30-21)15-18-5-2-1-3-6-18/h1-9,12-14,20H,10-11,15-17H2. The Labute approximate surface area is 180 Å². The van der Waals surface area contributed by atoms with Crippen LogP contribution in [0.4, 0.5) is 4.39 Å². The van der Waals surface area contributed by atoms with E-state index in [1.807, 2.05) is 30.3 Å². The molecular formula is C23H23FN2O4S. The highest BCUT2D eigenvalue weighted by Crippen LogP contribution is 2.32. The normalized spacial score (nSPS) is 14.0. The Bertz CT molecular complexity index is 1110. The van der Waals surface area contributed by atoms with Gasteiger partial charge in [-0.15, -0.1) is 0 Å². The number of benzene rings is 2. The number of carbonyl (C=O) groups is 1. The van der Waals surface area contributed by atoms with E-state index >= 15 is 0 Å². The molecule has 1 aliphatic carbocycles. The smallest absolute Gasteiger partial charge is 0.243 e. The third-order valence-corrected chi connectivity index (χ3v) is 7.07. The third-order valence-electron chi connectivity index (χ3n) is 5.16. The van der Waals surface area contributed by atoms with Crippen molar-refractivity contribution in [3.05, 3.63) is 90.1 Å². The molecule has 8 heteroatoms. The van der Waals surface area contributed by atoms with Crippen molar-refractivity contribution in [2.75, 3.05) is 6.54 Å². The van der Waals surface area contributed by atoms with E-state index in [0.717, 1.165) is 17.7 Å². The molecule has 1 amide bonds. The van der Waals surface area contributed by atoms with Crippen LogP contribution in [0.5, 0.6) is 0 Å². The van der Waals surface area contributed by atoms with Gasteiger partial charge < -0.3 is 9.32 Å². The molecule has 0 bridgehead atoms. The van der Waals surface area contributed by atoms with Crippen LogP contribution in [0.25, 0.3) is 0 Å². The van der Waals surface area contributed by atoms with Crippen LogP contribution in [0.1, 0.15) is 24.2 Å². The fraction of sp³-hybridized carbons (Fsp3) is 0.261. The summed E-state index contributed by atoms with van der Waals surface area (Å²) in [6.07, 6.45) is 2.94. The summed E-state index contributed by atoms with van der Waals surface area (Å²) in [5.74, 6) is -0.220. The fourth-order valence-corrected chi connectivity index (χ4v) is 5.01. The number of amides is 1. The van der Waals surface area contributed by atoms with E-state index in [0.29, 0.717) is 25.1 Å². The maximum absolute atomic E-state index is 13.3. The van der Waals surface area contributed by atoms with E-state index in [1.54, 1.807) is 17.0 Å². The number of rotatable bonds is 9. The molecule has 0 unspecified atom stereocenters. The zero-order valence-corrected chi connectivity index (χ0v) is 17.7. The summed E-state index contributed by atoms with van der Waals surface area (Å²) in [6, 6.07) is 17.5. The molecule has 0 aliphatic heterocycles. The summed E-state index contributed by atoms with van der Waals surface area (Å²) in [6.45, 7) is 0.281. The number of nitrogens with zero attached hydrogens (tertiary/aromatic N) is 2. The molecule has 1 aliphatic rings. The topological polar surface area (TPSA) is 70.8 Å². The molecule has 0 radical (unpaired) electrons. The van der Waals surface area contributed by atoms with Crippen LogP contribution in [0.3, 0.4) is 0 Å². The number of carbonyl (C=O) groups excluding carboxylic acids is 1. The molecule has 0 spiro atoms. The maximum atomic E-state index is 13.3. The third kappa shape index (κ3) is 5.21. The molecule has 3 aromatic rings. The van der Waals surface area contributed by atoms with E-state index in [-0.39, 0.29) is 29.9 Å². The molecule has 1 saturated carbocycles. The quantitative estimate of drug-likeness (QED) is 0.505. The Morgan fingerprint density at radius 1 is 0.968 bits per heavy atom. The summed E-state index contributed by atoms with van der Waals surface area (Å²) in [7, 11) is -3.92. The molecule has 1 heterocycles. The molecular weight excluding hydrogens is 419 g/mol. The molecule has 162 valence electrons. The second kappa shape index (κ2) is 9.03. The van der Waals surface area contributed by atoms with Crippen molar-refractivity contribution in [3.8, 4) is 0 Å².